The second-order valence-corrected chi connectivity index (χ2v) is 8.42. The molecule has 2 aromatic carbocycles. The molecule has 0 unspecified atom stereocenters. The van der Waals surface area contributed by atoms with E-state index in [2.05, 4.69) is 27.8 Å². The molecule has 2 heterocycles. The van der Waals surface area contributed by atoms with Crippen molar-refractivity contribution in [2.75, 3.05) is 10.6 Å². The van der Waals surface area contributed by atoms with Crippen LogP contribution in [-0.2, 0) is 0 Å². The van der Waals surface area contributed by atoms with Crippen LogP contribution >= 0.6 is 0 Å². The van der Waals surface area contributed by atoms with Gasteiger partial charge in [-0.3, -0.25) is 9.20 Å². The highest BCUT2D eigenvalue weighted by Crippen LogP contribution is 2.29. The Morgan fingerprint density at radius 2 is 1.82 bits per heavy atom. The number of aromatic nitrogens is 3. The zero-order chi connectivity index (χ0) is 22.8. The van der Waals surface area contributed by atoms with Crippen LogP contribution in [0.25, 0.3) is 16.8 Å². The molecule has 0 spiro atoms. The van der Waals surface area contributed by atoms with Crippen LogP contribution in [0.5, 0.6) is 0 Å². The summed E-state index contributed by atoms with van der Waals surface area (Å²) < 4.78 is 1.76. The smallest absolute Gasteiger partial charge is 0.256 e. The van der Waals surface area contributed by atoms with Gasteiger partial charge >= 0.3 is 0 Å². The van der Waals surface area contributed by atoms with Crippen LogP contribution in [0.1, 0.15) is 36.0 Å². The van der Waals surface area contributed by atoms with Crippen LogP contribution in [0, 0.1) is 0 Å². The van der Waals surface area contributed by atoms with Gasteiger partial charge in [-0.2, -0.15) is 4.98 Å². The molecule has 8 nitrogen and oxygen atoms in total. The summed E-state index contributed by atoms with van der Waals surface area (Å²) in [4.78, 5) is 21.6. The first-order valence-corrected chi connectivity index (χ1v) is 11.2. The molecule has 1 fully saturated rings. The number of nitrogens with two attached hydrogens (primary N) is 2. The highest BCUT2D eigenvalue weighted by atomic mass is 16.1. The molecule has 1 aliphatic carbocycles. The van der Waals surface area contributed by atoms with Crippen molar-refractivity contribution in [3.63, 3.8) is 0 Å². The lowest BCUT2D eigenvalue weighted by Crippen LogP contribution is -2.43. The Morgan fingerprint density at radius 1 is 1.03 bits per heavy atom. The van der Waals surface area contributed by atoms with Crippen LogP contribution in [-0.4, -0.2) is 32.4 Å². The summed E-state index contributed by atoms with van der Waals surface area (Å²) in [7, 11) is 0. The van der Waals surface area contributed by atoms with Gasteiger partial charge in [0.05, 0.1) is 0 Å². The van der Waals surface area contributed by atoms with E-state index in [9.17, 15) is 4.79 Å². The van der Waals surface area contributed by atoms with Crippen molar-refractivity contribution >= 4 is 29.0 Å². The van der Waals surface area contributed by atoms with E-state index in [1.54, 1.807) is 16.8 Å². The van der Waals surface area contributed by atoms with Crippen molar-refractivity contribution in [3.8, 4) is 11.1 Å². The largest absolute Gasteiger partial charge is 0.365 e. The molecule has 0 aliphatic heterocycles. The molecule has 0 bridgehead atoms. The molecule has 33 heavy (non-hydrogen) atoms. The lowest BCUT2D eigenvalue weighted by Gasteiger charge is -2.30. The average Bonchev–Trinajstić information content (AvgIpc) is 3.31. The van der Waals surface area contributed by atoms with Crippen LogP contribution in [0.2, 0.25) is 0 Å². The highest BCUT2D eigenvalue weighted by Gasteiger charge is 2.25. The summed E-state index contributed by atoms with van der Waals surface area (Å²) in [6.07, 6.45) is 7.61. The summed E-state index contributed by atoms with van der Waals surface area (Å²) in [5.41, 5.74) is 15.7. The number of hydrogen-bond acceptors (Lipinski definition) is 6. The molecule has 1 aliphatic rings. The first-order valence-electron chi connectivity index (χ1n) is 11.2. The van der Waals surface area contributed by atoms with Gasteiger partial charge in [-0.15, -0.1) is 0 Å². The maximum atomic E-state index is 12.4. The highest BCUT2D eigenvalue weighted by molar-refractivity contribution is 6.04. The molecule has 0 radical (unpaired) electrons. The Morgan fingerprint density at radius 3 is 2.61 bits per heavy atom. The number of nitrogens with zero attached hydrogens (tertiary/aromatic N) is 3. The maximum absolute atomic E-state index is 12.4. The predicted octanol–water partition coefficient (Wildman–Crippen LogP) is 3.92. The van der Waals surface area contributed by atoms with Crippen LogP contribution in [0.4, 0.5) is 17.5 Å². The quantitative estimate of drug-likeness (QED) is 0.360. The van der Waals surface area contributed by atoms with Crippen molar-refractivity contribution in [1.29, 1.82) is 0 Å². The van der Waals surface area contributed by atoms with E-state index in [-0.39, 0.29) is 17.6 Å². The summed E-state index contributed by atoms with van der Waals surface area (Å²) in [6, 6.07) is 18.2. The van der Waals surface area contributed by atoms with Crippen LogP contribution < -0.4 is 22.1 Å². The zero-order valence-electron chi connectivity index (χ0n) is 18.2. The number of nitrogens with one attached hydrogen (secondary N) is 2. The minimum atomic E-state index is -0.596. The number of hydrogen-bond donors (Lipinski definition) is 4. The van der Waals surface area contributed by atoms with Gasteiger partial charge < -0.3 is 22.1 Å². The Balaban J connectivity index is 1.55. The SMILES string of the molecule is NC(=O)c1c(Nc2cccc(-c3ccccc3)c2)nc(N[C@@H]2CCCC[C@@H]2N)n2ccnc12. The molecule has 1 amide bonds. The normalized spacial score (nSPS) is 18.2. The van der Waals surface area contributed by atoms with Gasteiger partial charge in [0.25, 0.3) is 5.91 Å². The van der Waals surface area contributed by atoms with E-state index in [0.29, 0.717) is 17.4 Å². The number of carbonyl (C=O) groups is 1. The number of fused-ring (bicyclic) bond motifs is 1. The average molecular weight is 442 g/mol. The molecule has 1 saturated carbocycles. The van der Waals surface area contributed by atoms with Gasteiger partial charge in [-0.1, -0.05) is 55.3 Å². The van der Waals surface area contributed by atoms with Crippen LogP contribution in [0.3, 0.4) is 0 Å². The van der Waals surface area contributed by atoms with Gasteiger partial charge in [0.15, 0.2) is 11.5 Å². The number of primary amides is 1. The minimum Gasteiger partial charge on any atom is -0.365 e. The summed E-state index contributed by atoms with van der Waals surface area (Å²) in [5.74, 6) is 0.344. The third kappa shape index (κ3) is 4.25. The Labute approximate surface area is 192 Å². The van der Waals surface area contributed by atoms with E-state index in [1.165, 1.54) is 0 Å². The topological polar surface area (TPSA) is 123 Å². The fourth-order valence-corrected chi connectivity index (χ4v) is 4.45. The molecule has 168 valence electrons. The molecular formula is C25H27N7O. The van der Waals surface area contributed by atoms with Gasteiger partial charge in [0, 0.05) is 30.2 Å². The first-order chi connectivity index (χ1) is 16.1. The lowest BCUT2D eigenvalue weighted by molar-refractivity contribution is 0.100. The molecule has 8 heteroatoms. The van der Waals surface area contributed by atoms with Gasteiger partial charge in [0.1, 0.15) is 5.56 Å². The Bertz CT molecular complexity index is 1280. The molecule has 4 aromatic rings. The first kappa shape index (κ1) is 21.0. The van der Waals surface area contributed by atoms with Crippen molar-refractivity contribution in [2.45, 2.75) is 37.8 Å². The fourth-order valence-electron chi connectivity index (χ4n) is 4.45. The van der Waals surface area contributed by atoms with Crippen LogP contribution in [0.15, 0.2) is 67.0 Å². The number of amides is 1. The number of carbonyl (C=O) groups excluding carboxylic acids is 1. The third-order valence-electron chi connectivity index (χ3n) is 6.16. The molecule has 6 N–H and O–H groups in total. The van der Waals surface area contributed by atoms with E-state index >= 15 is 0 Å². The maximum Gasteiger partial charge on any atom is 0.256 e. The second-order valence-electron chi connectivity index (χ2n) is 8.42. The fraction of sp³-hybridized carbons (Fsp3) is 0.240. The van der Waals surface area contributed by atoms with E-state index in [0.717, 1.165) is 42.5 Å². The Hall–Kier alpha value is -3.91. The number of imidazole rings is 1. The van der Waals surface area contributed by atoms with Crippen molar-refractivity contribution in [1.82, 2.24) is 14.4 Å². The molecule has 2 aromatic heterocycles. The number of rotatable bonds is 6. The number of benzene rings is 2. The zero-order valence-corrected chi connectivity index (χ0v) is 18.2. The second kappa shape index (κ2) is 8.91. The van der Waals surface area contributed by atoms with Gasteiger partial charge in [-0.05, 0) is 36.1 Å². The van der Waals surface area contributed by atoms with E-state index in [4.69, 9.17) is 16.5 Å². The molecular weight excluding hydrogens is 414 g/mol. The summed E-state index contributed by atoms with van der Waals surface area (Å²) in [5, 5.41) is 6.78. The molecule has 2 atom stereocenters. The van der Waals surface area contributed by atoms with Gasteiger partial charge in [0.2, 0.25) is 5.95 Å². The minimum absolute atomic E-state index is 0.0499. The van der Waals surface area contributed by atoms with Crippen molar-refractivity contribution < 1.29 is 4.79 Å². The predicted molar refractivity (Wildman–Crippen MR) is 131 cm³/mol. The summed E-state index contributed by atoms with van der Waals surface area (Å²) in [6.45, 7) is 0. The van der Waals surface area contributed by atoms with Crippen molar-refractivity contribution in [2.24, 2.45) is 11.5 Å². The van der Waals surface area contributed by atoms with E-state index < -0.39 is 5.91 Å². The van der Waals surface area contributed by atoms with Gasteiger partial charge in [-0.25, -0.2) is 4.98 Å². The Kier molecular flexibility index (Phi) is 5.66. The number of anilines is 3. The standard InChI is InChI=1S/C25H27N7O/c26-19-11-4-5-12-20(19)30-25-31-23(21(22(27)33)24-28-13-14-32(24)25)29-18-10-6-9-17(15-18)16-7-2-1-3-8-16/h1-3,6-10,13-15,19-20,29H,4-5,11-12,26H2,(H2,27,33)(H,30,31)/t19-,20+/m0/s1. The third-order valence-corrected chi connectivity index (χ3v) is 6.16. The monoisotopic (exact) mass is 441 g/mol. The summed E-state index contributed by atoms with van der Waals surface area (Å²) >= 11 is 0. The molecule has 5 rings (SSSR count). The van der Waals surface area contributed by atoms with E-state index in [1.807, 2.05) is 42.5 Å². The lowest BCUT2D eigenvalue weighted by atomic mass is 9.91. The molecule has 0 saturated heterocycles. The van der Waals surface area contributed by atoms with Crippen molar-refractivity contribution in [3.05, 3.63) is 72.6 Å².